The first-order chi connectivity index (χ1) is 10.1. The Kier molecular flexibility index (Phi) is 3.16. The zero-order chi connectivity index (χ0) is 14.8. The third-order valence-electron chi connectivity index (χ3n) is 3.15. The zero-order valence-corrected chi connectivity index (χ0v) is 11.1. The van der Waals surface area contributed by atoms with Gasteiger partial charge in [0.2, 0.25) is 0 Å². The smallest absolute Gasteiger partial charge is 0.360 e. The number of nitrogens with one attached hydrogen (secondary N) is 2. The monoisotopic (exact) mass is 279 g/mol. The van der Waals surface area contributed by atoms with Crippen LogP contribution in [0.1, 0.15) is 16.1 Å². The summed E-state index contributed by atoms with van der Waals surface area (Å²) in [4.78, 5) is 14.7. The molecule has 5 heteroatoms. The Morgan fingerprint density at radius 3 is 2.57 bits per heavy atom. The van der Waals surface area contributed by atoms with Gasteiger partial charge in [0.05, 0.1) is 0 Å². The van der Waals surface area contributed by atoms with E-state index in [2.05, 4.69) is 4.98 Å². The number of rotatable bonds is 3. The van der Waals surface area contributed by atoms with E-state index >= 15 is 0 Å². The van der Waals surface area contributed by atoms with Gasteiger partial charge < -0.3 is 15.5 Å². The Labute approximate surface area is 120 Å². The molecule has 104 valence electrons. The van der Waals surface area contributed by atoms with Crippen LogP contribution >= 0.6 is 0 Å². The molecular weight excluding hydrogens is 266 g/mol. The van der Waals surface area contributed by atoms with Crippen molar-refractivity contribution >= 4 is 22.6 Å². The van der Waals surface area contributed by atoms with E-state index in [4.69, 9.17) is 15.9 Å². The topological polar surface area (TPSA) is 92.0 Å². The molecule has 0 aliphatic carbocycles. The second-order valence-corrected chi connectivity index (χ2v) is 4.61. The van der Waals surface area contributed by atoms with Gasteiger partial charge in [-0.25, -0.2) is 4.79 Å². The molecule has 0 spiro atoms. The van der Waals surface area contributed by atoms with Crippen LogP contribution in [0.2, 0.25) is 0 Å². The number of carbonyl (C=O) groups excluding carboxylic acids is 1. The van der Waals surface area contributed by atoms with Crippen molar-refractivity contribution in [3.8, 4) is 5.75 Å². The van der Waals surface area contributed by atoms with Gasteiger partial charge in [0, 0.05) is 11.8 Å². The molecule has 0 saturated heterocycles. The van der Waals surface area contributed by atoms with E-state index in [-0.39, 0.29) is 5.84 Å². The summed E-state index contributed by atoms with van der Waals surface area (Å²) < 4.78 is 5.31. The maximum atomic E-state index is 11.9. The van der Waals surface area contributed by atoms with Gasteiger partial charge in [-0.3, -0.25) is 5.41 Å². The Bertz CT molecular complexity index is 823. The average molecular weight is 279 g/mol. The van der Waals surface area contributed by atoms with Crippen molar-refractivity contribution in [1.82, 2.24) is 4.98 Å². The minimum absolute atomic E-state index is 0.0270. The van der Waals surface area contributed by atoms with E-state index in [0.29, 0.717) is 17.0 Å². The molecule has 0 aliphatic rings. The lowest BCUT2D eigenvalue weighted by Gasteiger charge is -2.06. The summed E-state index contributed by atoms with van der Waals surface area (Å²) in [5.74, 6) is 0.0662. The lowest BCUT2D eigenvalue weighted by molar-refractivity contribution is 0.0729. The summed E-state index contributed by atoms with van der Waals surface area (Å²) in [6.07, 6.45) is 1.67. The predicted octanol–water partition coefficient (Wildman–Crippen LogP) is 2.67. The number of H-pyrrole nitrogens is 1. The molecule has 0 atom stereocenters. The van der Waals surface area contributed by atoms with Crippen molar-refractivity contribution in [2.24, 2.45) is 5.73 Å². The summed E-state index contributed by atoms with van der Waals surface area (Å²) in [7, 11) is 0. The van der Waals surface area contributed by atoms with Crippen molar-refractivity contribution in [2.45, 2.75) is 0 Å². The zero-order valence-electron chi connectivity index (χ0n) is 11.1. The second-order valence-electron chi connectivity index (χ2n) is 4.61. The highest BCUT2D eigenvalue weighted by atomic mass is 16.5. The van der Waals surface area contributed by atoms with Crippen LogP contribution in [-0.4, -0.2) is 16.8 Å². The van der Waals surface area contributed by atoms with Gasteiger partial charge in [0.25, 0.3) is 0 Å². The standard InChI is InChI=1S/C16H13N3O2/c17-15(18)12-4-3-11-9-13(6-5-10(11)8-12)21-16(20)14-2-1-7-19-14/h1-9,19H,(H3,17,18). The molecule has 2 aromatic carbocycles. The molecule has 0 saturated carbocycles. The number of esters is 1. The Morgan fingerprint density at radius 1 is 1.10 bits per heavy atom. The third kappa shape index (κ3) is 2.62. The fourth-order valence-corrected chi connectivity index (χ4v) is 2.07. The number of aromatic nitrogens is 1. The predicted molar refractivity (Wildman–Crippen MR) is 80.7 cm³/mol. The van der Waals surface area contributed by atoms with Crippen LogP contribution in [0.4, 0.5) is 0 Å². The number of carbonyl (C=O) groups is 1. The van der Waals surface area contributed by atoms with E-state index in [9.17, 15) is 4.79 Å². The molecule has 0 aliphatic heterocycles. The molecule has 0 unspecified atom stereocenters. The Balaban J connectivity index is 1.89. The molecule has 0 amide bonds. The minimum atomic E-state index is -0.431. The van der Waals surface area contributed by atoms with Crippen LogP contribution in [-0.2, 0) is 0 Å². The van der Waals surface area contributed by atoms with Crippen molar-refractivity contribution < 1.29 is 9.53 Å². The van der Waals surface area contributed by atoms with Gasteiger partial charge in [-0.2, -0.15) is 0 Å². The maximum Gasteiger partial charge on any atom is 0.360 e. The maximum absolute atomic E-state index is 11.9. The Hall–Kier alpha value is -3.08. The third-order valence-corrected chi connectivity index (χ3v) is 3.15. The number of fused-ring (bicyclic) bond motifs is 1. The van der Waals surface area contributed by atoms with Gasteiger partial charge in [-0.1, -0.05) is 18.2 Å². The van der Waals surface area contributed by atoms with Crippen molar-refractivity contribution in [3.05, 3.63) is 66.0 Å². The number of hydrogen-bond acceptors (Lipinski definition) is 3. The van der Waals surface area contributed by atoms with Crippen LogP contribution in [0.3, 0.4) is 0 Å². The fraction of sp³-hybridized carbons (Fsp3) is 0. The first-order valence-electron chi connectivity index (χ1n) is 6.37. The second kappa shape index (κ2) is 5.13. The number of nitrogen functional groups attached to an aromatic ring is 1. The molecule has 0 fully saturated rings. The van der Waals surface area contributed by atoms with E-state index < -0.39 is 5.97 Å². The summed E-state index contributed by atoms with van der Waals surface area (Å²) in [6, 6.07) is 14.2. The van der Waals surface area contributed by atoms with Crippen LogP contribution in [0.15, 0.2) is 54.7 Å². The first kappa shape index (κ1) is 12.9. The molecular formula is C16H13N3O2. The number of aromatic amines is 1. The normalized spacial score (nSPS) is 10.5. The molecule has 4 N–H and O–H groups in total. The molecule has 0 bridgehead atoms. The van der Waals surface area contributed by atoms with Crippen molar-refractivity contribution in [1.29, 1.82) is 5.41 Å². The van der Waals surface area contributed by atoms with Crippen LogP contribution in [0.25, 0.3) is 10.8 Å². The number of nitrogens with two attached hydrogens (primary N) is 1. The largest absolute Gasteiger partial charge is 0.422 e. The summed E-state index contributed by atoms with van der Waals surface area (Å²) in [6.45, 7) is 0. The summed E-state index contributed by atoms with van der Waals surface area (Å²) in [5.41, 5.74) is 6.54. The number of amidine groups is 1. The highest BCUT2D eigenvalue weighted by Gasteiger charge is 2.09. The average Bonchev–Trinajstić information content (AvgIpc) is 3.01. The van der Waals surface area contributed by atoms with Crippen LogP contribution in [0.5, 0.6) is 5.75 Å². The van der Waals surface area contributed by atoms with Crippen LogP contribution < -0.4 is 10.5 Å². The van der Waals surface area contributed by atoms with Gasteiger partial charge in [-0.05, 0) is 41.1 Å². The SMILES string of the molecule is N=C(N)c1ccc2cc(OC(=O)c3ccc[nH]3)ccc2c1. The number of ether oxygens (including phenoxy) is 1. The molecule has 3 aromatic rings. The molecule has 5 nitrogen and oxygen atoms in total. The number of benzene rings is 2. The minimum Gasteiger partial charge on any atom is -0.422 e. The van der Waals surface area contributed by atoms with Gasteiger partial charge in [0.1, 0.15) is 17.3 Å². The van der Waals surface area contributed by atoms with E-state index in [1.54, 1.807) is 36.5 Å². The fourth-order valence-electron chi connectivity index (χ4n) is 2.07. The quantitative estimate of drug-likeness (QED) is 0.298. The van der Waals surface area contributed by atoms with Crippen molar-refractivity contribution in [2.75, 3.05) is 0 Å². The van der Waals surface area contributed by atoms with E-state index in [1.165, 1.54) is 0 Å². The highest BCUT2D eigenvalue weighted by Crippen LogP contribution is 2.22. The summed E-state index contributed by atoms with van der Waals surface area (Å²) >= 11 is 0. The van der Waals surface area contributed by atoms with E-state index in [0.717, 1.165) is 10.8 Å². The molecule has 1 heterocycles. The van der Waals surface area contributed by atoms with Crippen LogP contribution in [0, 0.1) is 5.41 Å². The molecule has 3 rings (SSSR count). The van der Waals surface area contributed by atoms with Crippen molar-refractivity contribution in [3.63, 3.8) is 0 Å². The van der Waals surface area contributed by atoms with Gasteiger partial charge >= 0.3 is 5.97 Å². The lowest BCUT2D eigenvalue weighted by Crippen LogP contribution is -2.10. The molecule has 21 heavy (non-hydrogen) atoms. The molecule has 1 aromatic heterocycles. The summed E-state index contributed by atoms with van der Waals surface area (Å²) in [5, 5.41) is 9.28. The van der Waals surface area contributed by atoms with E-state index in [1.807, 2.05) is 18.2 Å². The molecule has 0 radical (unpaired) electrons. The highest BCUT2D eigenvalue weighted by molar-refractivity contribution is 5.99. The Morgan fingerprint density at radius 2 is 1.86 bits per heavy atom. The van der Waals surface area contributed by atoms with Gasteiger partial charge in [0.15, 0.2) is 0 Å². The number of hydrogen-bond donors (Lipinski definition) is 3. The lowest BCUT2D eigenvalue weighted by atomic mass is 10.1. The van der Waals surface area contributed by atoms with Gasteiger partial charge in [-0.15, -0.1) is 0 Å². The first-order valence-corrected chi connectivity index (χ1v) is 6.37.